The highest BCUT2D eigenvalue weighted by Gasteiger charge is 2.21. The van der Waals surface area contributed by atoms with Crippen molar-refractivity contribution in [3.8, 4) is 0 Å². The SMILES string of the molecule is Cc1cccc(CN2CCN(CC(=O)c3cc(C)n(C)c3C)CC2)c1. The van der Waals surface area contributed by atoms with Crippen molar-refractivity contribution in [3.05, 3.63) is 58.4 Å². The molecule has 1 aromatic carbocycles. The highest BCUT2D eigenvalue weighted by Crippen LogP contribution is 2.15. The maximum absolute atomic E-state index is 12.6. The molecule has 1 aromatic heterocycles. The van der Waals surface area contributed by atoms with E-state index in [0.29, 0.717) is 6.54 Å². The summed E-state index contributed by atoms with van der Waals surface area (Å²) >= 11 is 0. The number of hydrogen-bond donors (Lipinski definition) is 0. The molecule has 25 heavy (non-hydrogen) atoms. The van der Waals surface area contributed by atoms with Gasteiger partial charge in [-0.15, -0.1) is 0 Å². The predicted octanol–water partition coefficient (Wildman–Crippen LogP) is 2.95. The third-order valence-electron chi connectivity index (χ3n) is 5.40. The minimum absolute atomic E-state index is 0.244. The standard InChI is InChI=1S/C21H29N3O/c1-16-6-5-7-19(12-16)14-23-8-10-24(11-9-23)15-21(25)20-13-17(2)22(4)18(20)3/h5-7,12-13H,8-11,14-15H2,1-4H3. The van der Waals surface area contributed by atoms with Crippen molar-refractivity contribution >= 4 is 5.78 Å². The molecule has 134 valence electrons. The number of aromatic nitrogens is 1. The summed E-state index contributed by atoms with van der Waals surface area (Å²) in [5, 5.41) is 0. The Morgan fingerprint density at radius 1 is 1.00 bits per heavy atom. The Labute approximate surface area is 151 Å². The van der Waals surface area contributed by atoms with E-state index in [9.17, 15) is 4.79 Å². The van der Waals surface area contributed by atoms with Crippen LogP contribution in [0.4, 0.5) is 0 Å². The molecule has 0 spiro atoms. The first-order chi connectivity index (χ1) is 11.9. The average molecular weight is 339 g/mol. The van der Waals surface area contributed by atoms with Crippen LogP contribution in [0.2, 0.25) is 0 Å². The summed E-state index contributed by atoms with van der Waals surface area (Å²) in [7, 11) is 2.02. The van der Waals surface area contributed by atoms with Gasteiger partial charge < -0.3 is 4.57 Å². The Balaban J connectivity index is 1.52. The molecule has 1 aliphatic rings. The summed E-state index contributed by atoms with van der Waals surface area (Å²) in [6, 6.07) is 10.7. The second-order valence-corrected chi connectivity index (χ2v) is 7.31. The van der Waals surface area contributed by atoms with Crippen LogP contribution in [0.15, 0.2) is 30.3 Å². The molecule has 0 saturated carbocycles. The second-order valence-electron chi connectivity index (χ2n) is 7.31. The summed E-state index contributed by atoms with van der Waals surface area (Å²) in [5.41, 5.74) is 5.78. The van der Waals surface area contributed by atoms with Crippen molar-refractivity contribution < 1.29 is 4.79 Å². The van der Waals surface area contributed by atoms with Crippen LogP contribution in [0.3, 0.4) is 0 Å². The molecule has 1 saturated heterocycles. The first-order valence-corrected chi connectivity index (χ1v) is 9.10. The molecule has 1 aliphatic heterocycles. The van der Waals surface area contributed by atoms with Crippen LogP contribution >= 0.6 is 0 Å². The number of hydrogen-bond acceptors (Lipinski definition) is 3. The molecule has 3 rings (SSSR count). The number of benzene rings is 1. The topological polar surface area (TPSA) is 28.5 Å². The summed E-state index contributed by atoms with van der Waals surface area (Å²) in [5.74, 6) is 0.244. The lowest BCUT2D eigenvalue weighted by molar-refractivity contribution is 0.0843. The van der Waals surface area contributed by atoms with Gasteiger partial charge >= 0.3 is 0 Å². The van der Waals surface area contributed by atoms with Gasteiger partial charge in [0.25, 0.3) is 0 Å². The molecular weight excluding hydrogens is 310 g/mol. The number of piperazine rings is 1. The van der Waals surface area contributed by atoms with Crippen LogP contribution in [0, 0.1) is 20.8 Å². The third-order valence-corrected chi connectivity index (χ3v) is 5.40. The van der Waals surface area contributed by atoms with E-state index in [1.807, 2.05) is 27.0 Å². The van der Waals surface area contributed by atoms with Gasteiger partial charge in [-0.1, -0.05) is 29.8 Å². The number of nitrogens with zero attached hydrogens (tertiary/aromatic N) is 3. The normalized spacial score (nSPS) is 16.3. The molecule has 1 fully saturated rings. The highest BCUT2D eigenvalue weighted by atomic mass is 16.1. The molecule has 2 heterocycles. The monoisotopic (exact) mass is 339 g/mol. The zero-order valence-corrected chi connectivity index (χ0v) is 15.9. The fourth-order valence-electron chi connectivity index (χ4n) is 3.60. The van der Waals surface area contributed by atoms with E-state index in [1.165, 1.54) is 11.1 Å². The van der Waals surface area contributed by atoms with Gasteiger partial charge in [-0.3, -0.25) is 14.6 Å². The molecule has 0 radical (unpaired) electrons. The van der Waals surface area contributed by atoms with Gasteiger partial charge in [-0.25, -0.2) is 0 Å². The Bertz CT molecular complexity index is 754. The van der Waals surface area contributed by atoms with Gasteiger partial charge in [0.05, 0.1) is 6.54 Å². The number of aryl methyl sites for hydroxylation is 2. The first kappa shape index (κ1) is 17.9. The predicted molar refractivity (Wildman–Crippen MR) is 102 cm³/mol. The molecule has 0 N–H and O–H groups in total. The van der Waals surface area contributed by atoms with E-state index < -0.39 is 0 Å². The van der Waals surface area contributed by atoms with Crippen LogP contribution in [-0.4, -0.2) is 52.9 Å². The molecule has 0 bridgehead atoms. The quantitative estimate of drug-likeness (QED) is 0.784. The number of ketones is 1. The van der Waals surface area contributed by atoms with E-state index in [1.54, 1.807) is 0 Å². The Kier molecular flexibility index (Phi) is 5.40. The fraction of sp³-hybridized carbons (Fsp3) is 0.476. The molecule has 4 nitrogen and oxygen atoms in total. The summed E-state index contributed by atoms with van der Waals surface area (Å²) < 4.78 is 2.09. The van der Waals surface area contributed by atoms with Crippen molar-refractivity contribution in [2.24, 2.45) is 7.05 Å². The average Bonchev–Trinajstić information content (AvgIpc) is 2.84. The number of carbonyl (C=O) groups excluding carboxylic acids is 1. The maximum atomic E-state index is 12.6. The van der Waals surface area contributed by atoms with Gasteiger partial charge in [-0.2, -0.15) is 0 Å². The lowest BCUT2D eigenvalue weighted by atomic mass is 10.1. The number of Topliss-reactive ketones (excluding diaryl/α,β-unsaturated/α-hetero) is 1. The minimum atomic E-state index is 0.244. The van der Waals surface area contributed by atoms with Crippen molar-refractivity contribution in [2.75, 3.05) is 32.7 Å². The third kappa shape index (κ3) is 4.20. The van der Waals surface area contributed by atoms with Crippen LogP contribution in [-0.2, 0) is 13.6 Å². The lowest BCUT2D eigenvalue weighted by Crippen LogP contribution is -2.47. The second kappa shape index (κ2) is 7.54. The van der Waals surface area contributed by atoms with E-state index in [2.05, 4.69) is 45.6 Å². The molecular formula is C21H29N3O. The van der Waals surface area contributed by atoms with Crippen molar-refractivity contribution in [2.45, 2.75) is 27.3 Å². The van der Waals surface area contributed by atoms with Crippen LogP contribution < -0.4 is 0 Å². The van der Waals surface area contributed by atoms with Crippen LogP contribution in [0.5, 0.6) is 0 Å². The summed E-state index contributed by atoms with van der Waals surface area (Å²) in [6.07, 6.45) is 0. The maximum Gasteiger partial charge on any atom is 0.178 e. The minimum Gasteiger partial charge on any atom is -0.351 e. The zero-order chi connectivity index (χ0) is 18.0. The van der Waals surface area contributed by atoms with E-state index in [4.69, 9.17) is 0 Å². The van der Waals surface area contributed by atoms with Crippen molar-refractivity contribution in [3.63, 3.8) is 0 Å². The smallest absolute Gasteiger partial charge is 0.178 e. The molecule has 2 aromatic rings. The van der Waals surface area contributed by atoms with Gasteiger partial charge in [0, 0.05) is 56.7 Å². The van der Waals surface area contributed by atoms with Gasteiger partial charge in [-0.05, 0) is 32.4 Å². The largest absolute Gasteiger partial charge is 0.351 e. The van der Waals surface area contributed by atoms with Crippen LogP contribution in [0.25, 0.3) is 0 Å². The number of rotatable bonds is 5. The van der Waals surface area contributed by atoms with E-state index in [0.717, 1.165) is 49.7 Å². The molecule has 0 unspecified atom stereocenters. The van der Waals surface area contributed by atoms with Crippen molar-refractivity contribution in [1.82, 2.24) is 14.4 Å². The van der Waals surface area contributed by atoms with Gasteiger partial charge in [0.15, 0.2) is 5.78 Å². The molecule has 0 aliphatic carbocycles. The first-order valence-electron chi connectivity index (χ1n) is 9.10. The van der Waals surface area contributed by atoms with Crippen molar-refractivity contribution in [1.29, 1.82) is 0 Å². The lowest BCUT2D eigenvalue weighted by Gasteiger charge is -2.34. The molecule has 0 atom stereocenters. The Hall–Kier alpha value is -1.91. The Morgan fingerprint density at radius 3 is 2.28 bits per heavy atom. The summed E-state index contributed by atoms with van der Waals surface area (Å²) in [4.78, 5) is 17.4. The Morgan fingerprint density at radius 2 is 1.68 bits per heavy atom. The molecule has 4 heteroatoms. The van der Waals surface area contributed by atoms with E-state index >= 15 is 0 Å². The van der Waals surface area contributed by atoms with E-state index in [-0.39, 0.29) is 5.78 Å². The van der Waals surface area contributed by atoms with Gasteiger partial charge in [0.2, 0.25) is 0 Å². The highest BCUT2D eigenvalue weighted by molar-refractivity contribution is 5.99. The van der Waals surface area contributed by atoms with Gasteiger partial charge in [0.1, 0.15) is 0 Å². The molecule has 0 amide bonds. The zero-order valence-electron chi connectivity index (χ0n) is 15.9. The summed E-state index contributed by atoms with van der Waals surface area (Å²) in [6.45, 7) is 11.7. The number of carbonyl (C=O) groups is 1. The fourth-order valence-corrected chi connectivity index (χ4v) is 3.60. The van der Waals surface area contributed by atoms with Crippen LogP contribution in [0.1, 0.15) is 32.9 Å².